The Balaban J connectivity index is 2.60. The van der Waals surface area contributed by atoms with Crippen LogP contribution < -0.4 is 16.0 Å². The molecule has 1 amide bonds. The van der Waals surface area contributed by atoms with Crippen molar-refractivity contribution in [2.24, 2.45) is 0 Å². The summed E-state index contributed by atoms with van der Waals surface area (Å²) >= 11 is 0. The van der Waals surface area contributed by atoms with Crippen molar-refractivity contribution < 1.29 is 13.9 Å². The van der Waals surface area contributed by atoms with Crippen molar-refractivity contribution in [3.05, 3.63) is 24.0 Å². The van der Waals surface area contributed by atoms with Gasteiger partial charge in [0.1, 0.15) is 11.4 Å². The molecular formula is C17H28FN3O2. The monoisotopic (exact) mass is 325 g/mol. The summed E-state index contributed by atoms with van der Waals surface area (Å²) in [5, 5.41) is 8.92. The van der Waals surface area contributed by atoms with Gasteiger partial charge in [0.15, 0.2) is 0 Å². The zero-order chi connectivity index (χ0) is 17.7. The minimum absolute atomic E-state index is 0.0142. The second kappa shape index (κ2) is 7.64. The Morgan fingerprint density at radius 1 is 1.13 bits per heavy atom. The third-order valence-electron chi connectivity index (χ3n) is 2.71. The lowest BCUT2D eigenvalue weighted by Crippen LogP contribution is -2.38. The van der Waals surface area contributed by atoms with Crippen molar-refractivity contribution in [3.63, 3.8) is 0 Å². The molecule has 1 aromatic carbocycles. The zero-order valence-electron chi connectivity index (χ0n) is 14.8. The fourth-order valence-corrected chi connectivity index (χ4v) is 1.79. The van der Waals surface area contributed by atoms with E-state index in [9.17, 15) is 9.18 Å². The summed E-state index contributed by atoms with van der Waals surface area (Å²) in [6, 6.07) is 4.36. The fraction of sp³-hybridized carbons (Fsp3) is 0.588. The number of anilines is 2. The molecule has 1 rings (SSSR count). The molecule has 0 atom stereocenters. The molecule has 130 valence electrons. The smallest absolute Gasteiger partial charge is 0.412 e. The van der Waals surface area contributed by atoms with Gasteiger partial charge in [-0.2, -0.15) is 0 Å². The normalized spacial score (nSPS) is 12.0. The molecule has 0 aliphatic carbocycles. The van der Waals surface area contributed by atoms with Crippen molar-refractivity contribution in [1.29, 1.82) is 0 Å². The highest BCUT2D eigenvalue weighted by Crippen LogP contribution is 2.20. The third kappa shape index (κ3) is 8.40. The maximum atomic E-state index is 13.8. The number of hydrogen-bond donors (Lipinski definition) is 3. The third-order valence-corrected chi connectivity index (χ3v) is 2.71. The average Bonchev–Trinajstić information content (AvgIpc) is 2.34. The summed E-state index contributed by atoms with van der Waals surface area (Å²) in [7, 11) is 0. The second-order valence-electron chi connectivity index (χ2n) is 7.43. The standard InChI is InChI=1S/C17H28FN3O2/c1-16(2,3)20-10-9-19-14-11-12(7-8-13(14)18)21-15(22)23-17(4,5)6/h7-8,11,19-20H,9-10H2,1-6H3,(H,21,22). The number of carbonyl (C=O) groups excluding carboxylic acids is 1. The van der Waals surface area contributed by atoms with E-state index in [4.69, 9.17) is 4.74 Å². The van der Waals surface area contributed by atoms with Gasteiger partial charge in [0.05, 0.1) is 5.69 Å². The zero-order valence-corrected chi connectivity index (χ0v) is 14.8. The van der Waals surface area contributed by atoms with E-state index in [2.05, 4.69) is 36.7 Å². The van der Waals surface area contributed by atoms with Crippen LogP contribution >= 0.6 is 0 Å². The number of ether oxygens (including phenoxy) is 1. The fourth-order valence-electron chi connectivity index (χ4n) is 1.79. The number of hydrogen-bond acceptors (Lipinski definition) is 4. The maximum Gasteiger partial charge on any atom is 0.412 e. The number of amides is 1. The lowest BCUT2D eigenvalue weighted by atomic mass is 10.1. The van der Waals surface area contributed by atoms with E-state index in [1.54, 1.807) is 26.8 Å². The summed E-state index contributed by atoms with van der Waals surface area (Å²) < 4.78 is 19.0. The Bertz CT molecular complexity index is 534. The minimum Gasteiger partial charge on any atom is -0.444 e. The molecule has 6 heteroatoms. The number of rotatable bonds is 5. The molecule has 0 aromatic heterocycles. The van der Waals surface area contributed by atoms with Crippen LogP contribution in [-0.2, 0) is 4.74 Å². The first-order valence-electron chi connectivity index (χ1n) is 7.75. The van der Waals surface area contributed by atoms with E-state index in [-0.39, 0.29) is 11.4 Å². The van der Waals surface area contributed by atoms with E-state index < -0.39 is 11.7 Å². The Hall–Kier alpha value is -1.82. The largest absolute Gasteiger partial charge is 0.444 e. The van der Waals surface area contributed by atoms with Gasteiger partial charge in [0.25, 0.3) is 0 Å². The lowest BCUT2D eigenvalue weighted by Gasteiger charge is -2.21. The van der Waals surface area contributed by atoms with Crippen molar-refractivity contribution in [2.45, 2.75) is 52.7 Å². The number of carbonyl (C=O) groups is 1. The van der Waals surface area contributed by atoms with Gasteiger partial charge in [-0.15, -0.1) is 0 Å². The van der Waals surface area contributed by atoms with Gasteiger partial charge in [0.2, 0.25) is 0 Å². The molecular weight excluding hydrogens is 297 g/mol. The number of halogens is 1. The Kier molecular flexibility index (Phi) is 6.38. The van der Waals surface area contributed by atoms with Crippen LogP contribution in [0.25, 0.3) is 0 Å². The highest BCUT2D eigenvalue weighted by molar-refractivity contribution is 5.85. The highest BCUT2D eigenvalue weighted by Gasteiger charge is 2.16. The lowest BCUT2D eigenvalue weighted by molar-refractivity contribution is 0.0636. The molecule has 1 aromatic rings. The molecule has 0 radical (unpaired) electrons. The number of benzene rings is 1. The molecule has 0 fully saturated rings. The van der Waals surface area contributed by atoms with Gasteiger partial charge >= 0.3 is 6.09 Å². The minimum atomic E-state index is -0.580. The van der Waals surface area contributed by atoms with Crippen LogP contribution in [-0.4, -0.2) is 30.3 Å². The van der Waals surface area contributed by atoms with Crippen LogP contribution in [0.4, 0.5) is 20.6 Å². The first-order chi connectivity index (χ1) is 10.5. The molecule has 0 saturated carbocycles. The van der Waals surface area contributed by atoms with E-state index >= 15 is 0 Å². The van der Waals surface area contributed by atoms with Gasteiger partial charge < -0.3 is 15.4 Å². The Morgan fingerprint density at radius 3 is 2.35 bits per heavy atom. The van der Waals surface area contributed by atoms with E-state index in [1.807, 2.05) is 0 Å². The van der Waals surface area contributed by atoms with Gasteiger partial charge in [0, 0.05) is 24.3 Å². The van der Waals surface area contributed by atoms with Gasteiger partial charge in [-0.1, -0.05) is 0 Å². The second-order valence-corrected chi connectivity index (χ2v) is 7.43. The Labute approximate surface area is 138 Å². The van der Waals surface area contributed by atoms with Crippen LogP contribution in [0.3, 0.4) is 0 Å². The van der Waals surface area contributed by atoms with Crippen LogP contribution in [0.1, 0.15) is 41.5 Å². The van der Waals surface area contributed by atoms with Crippen molar-refractivity contribution in [1.82, 2.24) is 5.32 Å². The molecule has 0 aliphatic rings. The van der Waals surface area contributed by atoms with E-state index in [0.29, 0.717) is 24.5 Å². The molecule has 0 saturated heterocycles. The summed E-state index contributed by atoms with van der Waals surface area (Å²) in [6.07, 6.45) is -0.565. The summed E-state index contributed by atoms with van der Waals surface area (Å²) in [5.41, 5.74) is 0.255. The first-order valence-corrected chi connectivity index (χ1v) is 7.75. The molecule has 5 nitrogen and oxygen atoms in total. The van der Waals surface area contributed by atoms with Crippen LogP contribution in [0.15, 0.2) is 18.2 Å². The molecule has 23 heavy (non-hydrogen) atoms. The molecule has 0 heterocycles. The molecule has 3 N–H and O–H groups in total. The molecule has 0 bridgehead atoms. The topological polar surface area (TPSA) is 62.4 Å². The first kappa shape index (κ1) is 19.2. The highest BCUT2D eigenvalue weighted by atomic mass is 19.1. The average molecular weight is 325 g/mol. The van der Waals surface area contributed by atoms with Crippen LogP contribution in [0.5, 0.6) is 0 Å². The summed E-state index contributed by atoms with van der Waals surface area (Å²) in [6.45, 7) is 12.8. The van der Waals surface area contributed by atoms with Gasteiger partial charge in [-0.05, 0) is 59.7 Å². The molecule has 0 aliphatic heterocycles. The van der Waals surface area contributed by atoms with Crippen molar-refractivity contribution >= 4 is 17.5 Å². The van der Waals surface area contributed by atoms with Crippen molar-refractivity contribution in [2.75, 3.05) is 23.7 Å². The summed E-state index contributed by atoms with van der Waals surface area (Å²) in [5.74, 6) is -0.365. The van der Waals surface area contributed by atoms with Gasteiger partial charge in [-0.3, -0.25) is 5.32 Å². The molecule has 0 unspecified atom stereocenters. The van der Waals surface area contributed by atoms with E-state index in [0.717, 1.165) is 0 Å². The number of nitrogens with one attached hydrogen (secondary N) is 3. The predicted octanol–water partition coefficient (Wildman–Crippen LogP) is 3.97. The predicted molar refractivity (Wildman–Crippen MR) is 92.5 cm³/mol. The Morgan fingerprint density at radius 2 is 1.78 bits per heavy atom. The van der Waals surface area contributed by atoms with Crippen molar-refractivity contribution in [3.8, 4) is 0 Å². The van der Waals surface area contributed by atoms with E-state index in [1.165, 1.54) is 12.1 Å². The van der Waals surface area contributed by atoms with Crippen LogP contribution in [0, 0.1) is 5.82 Å². The summed E-state index contributed by atoms with van der Waals surface area (Å²) in [4.78, 5) is 11.7. The molecule has 0 spiro atoms. The quantitative estimate of drug-likeness (QED) is 0.717. The SMILES string of the molecule is CC(C)(C)NCCNc1cc(NC(=O)OC(C)(C)C)ccc1F. The maximum absolute atomic E-state index is 13.8. The van der Waals surface area contributed by atoms with Crippen LogP contribution in [0.2, 0.25) is 0 Å². The van der Waals surface area contributed by atoms with Gasteiger partial charge in [-0.25, -0.2) is 9.18 Å².